The van der Waals surface area contributed by atoms with Gasteiger partial charge in [0, 0.05) is 5.69 Å². The fraction of sp³-hybridized carbons (Fsp3) is 0.235. The molecule has 0 bridgehead atoms. The maximum atomic E-state index is 12.7. The molecule has 9 heteroatoms. The Balaban J connectivity index is 2.09. The van der Waals surface area contributed by atoms with Crippen LogP contribution in [0, 0.1) is 6.92 Å². The SMILES string of the molecule is Cc1ccc(S(=O)(=O)N[C@H](C)C(=O)Nc2cccc(C(F)(F)F)c2)cc1. The van der Waals surface area contributed by atoms with Crippen LogP contribution in [0.4, 0.5) is 18.9 Å². The van der Waals surface area contributed by atoms with Crippen LogP contribution in [-0.2, 0) is 21.0 Å². The lowest BCUT2D eigenvalue weighted by Gasteiger charge is -2.15. The van der Waals surface area contributed by atoms with Gasteiger partial charge in [-0.1, -0.05) is 23.8 Å². The van der Waals surface area contributed by atoms with Crippen LogP contribution in [0.3, 0.4) is 0 Å². The Morgan fingerprint density at radius 3 is 2.27 bits per heavy atom. The van der Waals surface area contributed by atoms with E-state index in [1.54, 1.807) is 19.1 Å². The van der Waals surface area contributed by atoms with Crippen molar-refractivity contribution in [2.75, 3.05) is 5.32 Å². The number of halogens is 3. The van der Waals surface area contributed by atoms with Crippen LogP contribution in [-0.4, -0.2) is 20.4 Å². The number of carbonyl (C=O) groups excluding carboxylic acids is 1. The third kappa shape index (κ3) is 5.06. The topological polar surface area (TPSA) is 75.3 Å². The summed E-state index contributed by atoms with van der Waals surface area (Å²) in [4.78, 5) is 12.1. The monoisotopic (exact) mass is 386 g/mol. The Bertz CT molecular complexity index is 894. The van der Waals surface area contributed by atoms with E-state index < -0.39 is 33.7 Å². The third-order valence-electron chi connectivity index (χ3n) is 3.51. The van der Waals surface area contributed by atoms with Crippen molar-refractivity contribution in [3.8, 4) is 0 Å². The van der Waals surface area contributed by atoms with Crippen LogP contribution in [0.5, 0.6) is 0 Å². The minimum Gasteiger partial charge on any atom is -0.325 e. The van der Waals surface area contributed by atoms with Gasteiger partial charge in [-0.3, -0.25) is 4.79 Å². The van der Waals surface area contributed by atoms with Gasteiger partial charge in [0.25, 0.3) is 0 Å². The van der Waals surface area contributed by atoms with Crippen LogP contribution in [0.15, 0.2) is 53.4 Å². The molecule has 0 saturated heterocycles. The fourth-order valence-corrected chi connectivity index (χ4v) is 3.30. The number of anilines is 1. The first kappa shape index (κ1) is 19.9. The second kappa shape index (κ2) is 7.46. The molecular formula is C17H17F3N2O3S. The summed E-state index contributed by atoms with van der Waals surface area (Å²) in [5, 5.41) is 2.27. The van der Waals surface area contributed by atoms with Gasteiger partial charge in [-0.15, -0.1) is 0 Å². The highest BCUT2D eigenvalue weighted by Crippen LogP contribution is 2.30. The summed E-state index contributed by atoms with van der Waals surface area (Å²) in [5.41, 5.74) is -0.117. The first-order valence-corrected chi connectivity index (χ1v) is 9.04. The molecule has 1 atom stereocenters. The number of benzene rings is 2. The standard InChI is InChI=1S/C17H17F3N2O3S/c1-11-6-8-15(9-7-11)26(24,25)22-12(2)16(23)21-14-5-3-4-13(10-14)17(18,19)20/h3-10,12,22H,1-2H3,(H,21,23)/t12-/m1/s1. The molecule has 5 nitrogen and oxygen atoms in total. The van der Waals surface area contributed by atoms with Crippen molar-refractivity contribution < 1.29 is 26.4 Å². The molecule has 0 heterocycles. The number of carbonyl (C=O) groups is 1. The molecule has 2 aromatic rings. The van der Waals surface area contributed by atoms with E-state index in [0.717, 1.165) is 23.8 Å². The molecule has 0 saturated carbocycles. The lowest BCUT2D eigenvalue weighted by atomic mass is 10.2. The van der Waals surface area contributed by atoms with E-state index in [9.17, 15) is 26.4 Å². The number of sulfonamides is 1. The molecule has 0 fully saturated rings. The van der Waals surface area contributed by atoms with Gasteiger partial charge < -0.3 is 5.32 Å². The molecule has 0 aromatic heterocycles. The first-order valence-electron chi connectivity index (χ1n) is 7.56. The highest BCUT2D eigenvalue weighted by molar-refractivity contribution is 7.89. The van der Waals surface area contributed by atoms with Crippen LogP contribution in [0.2, 0.25) is 0 Å². The quantitative estimate of drug-likeness (QED) is 0.828. The Labute approximate surface area is 149 Å². The van der Waals surface area contributed by atoms with Gasteiger partial charge in [-0.25, -0.2) is 8.42 Å². The Kier molecular flexibility index (Phi) is 5.72. The molecule has 0 unspecified atom stereocenters. The summed E-state index contributed by atoms with van der Waals surface area (Å²) in [5.74, 6) is -0.778. The summed E-state index contributed by atoms with van der Waals surface area (Å²) >= 11 is 0. The Morgan fingerprint density at radius 1 is 1.08 bits per heavy atom. The molecule has 2 aromatic carbocycles. The summed E-state index contributed by atoms with van der Waals surface area (Å²) in [7, 11) is -3.94. The number of aryl methyl sites for hydroxylation is 1. The van der Waals surface area contributed by atoms with Gasteiger partial charge in [0.2, 0.25) is 15.9 Å². The predicted octanol–water partition coefficient (Wildman–Crippen LogP) is 3.32. The number of hydrogen-bond acceptors (Lipinski definition) is 3. The Morgan fingerprint density at radius 2 is 1.69 bits per heavy atom. The largest absolute Gasteiger partial charge is 0.416 e. The Hall–Kier alpha value is -2.39. The number of alkyl halides is 3. The normalized spacial score (nSPS) is 13.3. The molecule has 2 N–H and O–H groups in total. The summed E-state index contributed by atoms with van der Waals surface area (Å²) in [6, 6.07) is 8.93. The maximum Gasteiger partial charge on any atom is 0.416 e. The van der Waals surface area contributed by atoms with E-state index in [2.05, 4.69) is 10.0 Å². The smallest absolute Gasteiger partial charge is 0.325 e. The van der Waals surface area contributed by atoms with Crippen molar-refractivity contribution >= 4 is 21.6 Å². The number of rotatable bonds is 5. The molecule has 0 radical (unpaired) electrons. The van der Waals surface area contributed by atoms with E-state index in [4.69, 9.17) is 0 Å². The van der Waals surface area contributed by atoms with Crippen LogP contribution in [0.25, 0.3) is 0 Å². The molecule has 26 heavy (non-hydrogen) atoms. The second-order valence-corrected chi connectivity index (χ2v) is 7.44. The van der Waals surface area contributed by atoms with Crippen molar-refractivity contribution in [3.63, 3.8) is 0 Å². The van der Waals surface area contributed by atoms with Gasteiger partial charge in [-0.2, -0.15) is 17.9 Å². The predicted molar refractivity (Wildman–Crippen MR) is 91.0 cm³/mol. The van der Waals surface area contributed by atoms with E-state index in [1.165, 1.54) is 25.1 Å². The summed E-state index contributed by atoms with van der Waals surface area (Å²) < 4.78 is 64.8. The number of amides is 1. The fourth-order valence-electron chi connectivity index (χ4n) is 2.10. The van der Waals surface area contributed by atoms with E-state index >= 15 is 0 Å². The molecular weight excluding hydrogens is 369 g/mol. The third-order valence-corrected chi connectivity index (χ3v) is 5.07. The number of nitrogens with one attached hydrogen (secondary N) is 2. The van der Waals surface area contributed by atoms with Gasteiger partial charge in [0.1, 0.15) is 0 Å². The van der Waals surface area contributed by atoms with E-state index in [1.807, 2.05) is 0 Å². The van der Waals surface area contributed by atoms with Crippen molar-refractivity contribution in [2.45, 2.75) is 31.0 Å². The molecule has 0 spiro atoms. The molecule has 0 aliphatic heterocycles. The van der Waals surface area contributed by atoms with Crippen LogP contribution in [0.1, 0.15) is 18.1 Å². The summed E-state index contributed by atoms with van der Waals surface area (Å²) in [6.45, 7) is 3.10. The zero-order chi connectivity index (χ0) is 19.5. The van der Waals surface area contributed by atoms with Gasteiger partial charge in [0.15, 0.2) is 0 Å². The lowest BCUT2D eigenvalue weighted by molar-refractivity contribution is -0.137. The zero-order valence-electron chi connectivity index (χ0n) is 14.0. The van der Waals surface area contributed by atoms with E-state index in [-0.39, 0.29) is 10.6 Å². The summed E-state index contributed by atoms with van der Waals surface area (Å²) in [6.07, 6.45) is -4.54. The van der Waals surface area contributed by atoms with Gasteiger partial charge in [-0.05, 0) is 44.2 Å². The molecule has 1 amide bonds. The van der Waals surface area contributed by atoms with Crippen molar-refractivity contribution in [3.05, 3.63) is 59.7 Å². The first-order chi connectivity index (χ1) is 12.0. The van der Waals surface area contributed by atoms with Crippen molar-refractivity contribution in [1.82, 2.24) is 4.72 Å². The second-order valence-electron chi connectivity index (χ2n) is 5.72. The minimum absolute atomic E-state index is 0.0122. The lowest BCUT2D eigenvalue weighted by Crippen LogP contribution is -2.41. The van der Waals surface area contributed by atoms with Crippen molar-refractivity contribution in [2.24, 2.45) is 0 Å². The number of hydrogen-bond donors (Lipinski definition) is 2. The average Bonchev–Trinajstić information content (AvgIpc) is 2.54. The zero-order valence-corrected chi connectivity index (χ0v) is 14.8. The van der Waals surface area contributed by atoms with Gasteiger partial charge in [0.05, 0.1) is 16.5 Å². The molecule has 2 rings (SSSR count). The highest BCUT2D eigenvalue weighted by atomic mass is 32.2. The molecule has 0 aliphatic rings. The molecule has 0 aliphatic carbocycles. The van der Waals surface area contributed by atoms with Crippen LogP contribution >= 0.6 is 0 Å². The average molecular weight is 386 g/mol. The van der Waals surface area contributed by atoms with Crippen molar-refractivity contribution in [1.29, 1.82) is 0 Å². The maximum absolute atomic E-state index is 12.7. The van der Waals surface area contributed by atoms with Gasteiger partial charge >= 0.3 is 6.18 Å². The van der Waals surface area contributed by atoms with E-state index in [0.29, 0.717) is 0 Å². The van der Waals surface area contributed by atoms with Crippen LogP contribution < -0.4 is 10.0 Å². The minimum atomic E-state index is -4.54. The molecule has 140 valence electrons. The highest BCUT2D eigenvalue weighted by Gasteiger charge is 2.30.